The molecule has 7 nitrogen and oxygen atoms in total. The minimum Gasteiger partial charge on any atom is -0.360 e. The number of aromatic nitrogens is 1. The fourth-order valence-corrected chi connectivity index (χ4v) is 5.78. The number of benzene rings is 2. The van der Waals surface area contributed by atoms with E-state index in [0.29, 0.717) is 30.8 Å². The van der Waals surface area contributed by atoms with Gasteiger partial charge >= 0.3 is 0 Å². The SMILES string of the molecule is Cc1noc(C)c1S(=O)(=O)N1CCCC(C(=O)Nc2ccc(-c3ccccc3)cc2)C1. The molecule has 3 aromatic rings. The van der Waals surface area contributed by atoms with E-state index in [-0.39, 0.29) is 23.1 Å². The Morgan fingerprint density at radius 1 is 1.06 bits per heavy atom. The maximum absolute atomic E-state index is 13.1. The highest BCUT2D eigenvalue weighted by Gasteiger charge is 2.36. The number of sulfonamides is 1. The van der Waals surface area contributed by atoms with E-state index >= 15 is 0 Å². The molecule has 1 amide bonds. The molecule has 1 fully saturated rings. The summed E-state index contributed by atoms with van der Waals surface area (Å²) in [5, 5.41) is 6.68. The van der Waals surface area contributed by atoms with Gasteiger partial charge in [0.25, 0.3) is 0 Å². The van der Waals surface area contributed by atoms with E-state index in [1.165, 1.54) is 4.31 Å². The number of nitrogens with zero attached hydrogens (tertiary/aromatic N) is 2. The minimum absolute atomic E-state index is 0.102. The number of hydrogen-bond donors (Lipinski definition) is 1. The van der Waals surface area contributed by atoms with Crippen molar-refractivity contribution >= 4 is 21.6 Å². The largest absolute Gasteiger partial charge is 0.360 e. The third-order valence-electron chi connectivity index (χ3n) is 5.58. The minimum atomic E-state index is -3.76. The summed E-state index contributed by atoms with van der Waals surface area (Å²) in [6.07, 6.45) is 1.26. The molecular formula is C23H25N3O4S. The van der Waals surface area contributed by atoms with Crippen molar-refractivity contribution in [1.82, 2.24) is 9.46 Å². The molecule has 162 valence electrons. The van der Waals surface area contributed by atoms with Crippen molar-refractivity contribution in [3.8, 4) is 11.1 Å². The maximum atomic E-state index is 13.1. The Bertz CT molecular complexity index is 1150. The zero-order valence-corrected chi connectivity index (χ0v) is 18.4. The molecule has 0 aliphatic carbocycles. The molecule has 0 bridgehead atoms. The highest BCUT2D eigenvalue weighted by atomic mass is 32.2. The lowest BCUT2D eigenvalue weighted by Crippen LogP contribution is -2.43. The third kappa shape index (κ3) is 4.40. The monoisotopic (exact) mass is 439 g/mol. The quantitative estimate of drug-likeness (QED) is 0.649. The molecule has 0 radical (unpaired) electrons. The van der Waals surface area contributed by atoms with E-state index in [0.717, 1.165) is 11.1 Å². The van der Waals surface area contributed by atoms with Crippen molar-refractivity contribution < 1.29 is 17.7 Å². The van der Waals surface area contributed by atoms with Gasteiger partial charge in [-0.3, -0.25) is 4.79 Å². The first-order valence-corrected chi connectivity index (χ1v) is 11.7. The van der Waals surface area contributed by atoms with E-state index in [9.17, 15) is 13.2 Å². The summed E-state index contributed by atoms with van der Waals surface area (Å²) in [7, 11) is -3.76. The van der Waals surface area contributed by atoms with E-state index in [1.807, 2.05) is 54.6 Å². The van der Waals surface area contributed by atoms with Gasteiger partial charge in [0.1, 0.15) is 10.6 Å². The van der Waals surface area contributed by atoms with Crippen LogP contribution in [0.25, 0.3) is 11.1 Å². The Labute approximate surface area is 182 Å². The molecule has 2 heterocycles. The number of carbonyl (C=O) groups is 1. The Morgan fingerprint density at radius 2 is 1.74 bits per heavy atom. The van der Waals surface area contributed by atoms with E-state index in [2.05, 4.69) is 10.5 Å². The van der Waals surface area contributed by atoms with Gasteiger partial charge in [-0.25, -0.2) is 8.42 Å². The van der Waals surface area contributed by atoms with Crippen LogP contribution in [0, 0.1) is 19.8 Å². The van der Waals surface area contributed by atoms with Crippen LogP contribution in [-0.4, -0.2) is 36.9 Å². The standard InChI is InChI=1S/C23H25N3O4S/c1-16-22(17(2)30-25-16)31(28,29)26-14-6-9-20(15-26)23(27)24-21-12-10-19(11-13-21)18-7-4-3-5-8-18/h3-5,7-8,10-13,20H,6,9,14-15H2,1-2H3,(H,24,27). The lowest BCUT2D eigenvalue weighted by atomic mass is 9.98. The zero-order chi connectivity index (χ0) is 22.0. The molecular weight excluding hydrogens is 414 g/mol. The van der Waals surface area contributed by atoms with Crippen LogP contribution in [-0.2, 0) is 14.8 Å². The van der Waals surface area contributed by atoms with Gasteiger partial charge < -0.3 is 9.84 Å². The molecule has 8 heteroatoms. The average molecular weight is 440 g/mol. The van der Waals surface area contributed by atoms with Crippen molar-refractivity contribution in [3.63, 3.8) is 0 Å². The van der Waals surface area contributed by atoms with Crippen molar-refractivity contribution in [3.05, 3.63) is 66.1 Å². The predicted octanol–water partition coefficient (Wildman–Crippen LogP) is 4.00. The van der Waals surface area contributed by atoms with E-state index in [4.69, 9.17) is 4.52 Å². The highest BCUT2D eigenvalue weighted by Crippen LogP contribution is 2.28. The molecule has 0 saturated carbocycles. The smallest absolute Gasteiger partial charge is 0.248 e. The van der Waals surface area contributed by atoms with Gasteiger partial charge in [0.15, 0.2) is 5.76 Å². The van der Waals surface area contributed by atoms with Crippen LogP contribution in [0.5, 0.6) is 0 Å². The van der Waals surface area contributed by atoms with Crippen LogP contribution in [0.15, 0.2) is 64.0 Å². The van der Waals surface area contributed by atoms with Gasteiger partial charge in [0, 0.05) is 18.8 Å². The predicted molar refractivity (Wildman–Crippen MR) is 118 cm³/mol. The second-order valence-electron chi connectivity index (χ2n) is 7.79. The van der Waals surface area contributed by atoms with Gasteiger partial charge in [-0.15, -0.1) is 0 Å². The van der Waals surface area contributed by atoms with E-state index < -0.39 is 15.9 Å². The van der Waals surface area contributed by atoms with Crippen LogP contribution in [0.2, 0.25) is 0 Å². The number of amides is 1. The molecule has 1 unspecified atom stereocenters. The maximum Gasteiger partial charge on any atom is 0.248 e. The van der Waals surface area contributed by atoms with Crippen molar-refractivity contribution in [2.24, 2.45) is 5.92 Å². The van der Waals surface area contributed by atoms with Gasteiger partial charge in [-0.05, 0) is 49.9 Å². The Hall–Kier alpha value is -2.97. The molecule has 1 aromatic heterocycles. The molecule has 0 spiro atoms. The number of rotatable bonds is 5. The second kappa shape index (κ2) is 8.64. The van der Waals surface area contributed by atoms with Crippen LogP contribution in [0.3, 0.4) is 0 Å². The number of nitrogens with one attached hydrogen (secondary N) is 1. The average Bonchev–Trinajstić information content (AvgIpc) is 3.13. The molecule has 2 aromatic carbocycles. The molecule has 1 atom stereocenters. The summed E-state index contributed by atoms with van der Waals surface area (Å²) in [6.45, 7) is 3.71. The number of anilines is 1. The van der Waals surface area contributed by atoms with Crippen LogP contribution in [0.4, 0.5) is 5.69 Å². The van der Waals surface area contributed by atoms with Crippen molar-refractivity contribution in [2.75, 3.05) is 18.4 Å². The molecule has 1 aliphatic rings. The first-order valence-electron chi connectivity index (χ1n) is 10.3. The lowest BCUT2D eigenvalue weighted by molar-refractivity contribution is -0.120. The first kappa shape index (κ1) is 21.3. The van der Waals surface area contributed by atoms with Gasteiger partial charge in [0.05, 0.1) is 5.92 Å². The summed E-state index contributed by atoms with van der Waals surface area (Å²) >= 11 is 0. The summed E-state index contributed by atoms with van der Waals surface area (Å²) in [6, 6.07) is 17.6. The number of carbonyl (C=O) groups excluding carboxylic acids is 1. The zero-order valence-electron chi connectivity index (χ0n) is 17.5. The number of hydrogen-bond acceptors (Lipinski definition) is 5. The molecule has 1 saturated heterocycles. The Morgan fingerprint density at radius 3 is 2.39 bits per heavy atom. The fraction of sp³-hybridized carbons (Fsp3) is 0.304. The van der Waals surface area contributed by atoms with Gasteiger partial charge in [-0.2, -0.15) is 4.31 Å². The summed E-state index contributed by atoms with van der Waals surface area (Å²) in [4.78, 5) is 13.0. The lowest BCUT2D eigenvalue weighted by Gasteiger charge is -2.31. The van der Waals surface area contributed by atoms with Crippen LogP contribution in [0.1, 0.15) is 24.3 Å². The second-order valence-corrected chi connectivity index (χ2v) is 9.66. The summed E-state index contributed by atoms with van der Waals surface area (Å²) in [5.74, 6) is -0.327. The van der Waals surface area contributed by atoms with Crippen LogP contribution < -0.4 is 5.32 Å². The Balaban J connectivity index is 1.44. The van der Waals surface area contributed by atoms with Gasteiger partial charge in [0.2, 0.25) is 15.9 Å². The number of aryl methyl sites for hydroxylation is 2. The normalized spacial score (nSPS) is 17.4. The fourth-order valence-electron chi connectivity index (χ4n) is 3.97. The van der Waals surface area contributed by atoms with Crippen molar-refractivity contribution in [1.29, 1.82) is 0 Å². The number of piperidine rings is 1. The summed E-state index contributed by atoms with van der Waals surface area (Å²) in [5.41, 5.74) is 3.19. The topological polar surface area (TPSA) is 92.5 Å². The highest BCUT2D eigenvalue weighted by molar-refractivity contribution is 7.89. The molecule has 31 heavy (non-hydrogen) atoms. The van der Waals surface area contributed by atoms with Gasteiger partial charge in [-0.1, -0.05) is 47.6 Å². The summed E-state index contributed by atoms with van der Waals surface area (Å²) < 4.78 is 32.6. The third-order valence-corrected chi connectivity index (χ3v) is 7.69. The first-order chi connectivity index (χ1) is 14.9. The van der Waals surface area contributed by atoms with Crippen LogP contribution >= 0.6 is 0 Å². The van der Waals surface area contributed by atoms with E-state index in [1.54, 1.807) is 13.8 Å². The molecule has 1 N–H and O–H groups in total. The Kier molecular flexibility index (Phi) is 5.93. The molecule has 1 aliphatic heterocycles. The van der Waals surface area contributed by atoms with Crippen molar-refractivity contribution in [2.45, 2.75) is 31.6 Å². The molecule has 4 rings (SSSR count).